The SMILES string of the molecule is COC(=O)N1CCN(CCNC(=O)CN2C(=O)c3ccccc3C2=O)CC1.Cl. The van der Waals surface area contributed by atoms with Crippen molar-refractivity contribution in [2.24, 2.45) is 0 Å². The van der Waals surface area contributed by atoms with E-state index in [1.54, 1.807) is 29.2 Å². The van der Waals surface area contributed by atoms with Crippen molar-refractivity contribution in [3.8, 4) is 0 Å². The van der Waals surface area contributed by atoms with Crippen molar-refractivity contribution in [3.63, 3.8) is 0 Å². The molecule has 2 heterocycles. The number of methoxy groups -OCH3 is 1. The minimum atomic E-state index is -0.440. The Morgan fingerprint density at radius 2 is 1.61 bits per heavy atom. The van der Waals surface area contributed by atoms with Gasteiger partial charge in [-0.15, -0.1) is 12.4 Å². The maximum absolute atomic E-state index is 12.2. The molecule has 0 aliphatic carbocycles. The number of rotatable bonds is 5. The molecule has 28 heavy (non-hydrogen) atoms. The highest BCUT2D eigenvalue weighted by atomic mass is 35.5. The minimum Gasteiger partial charge on any atom is -0.453 e. The fraction of sp³-hybridized carbons (Fsp3) is 0.444. The average Bonchev–Trinajstić information content (AvgIpc) is 2.93. The highest BCUT2D eigenvalue weighted by Gasteiger charge is 2.36. The van der Waals surface area contributed by atoms with Crippen LogP contribution in [0.15, 0.2) is 24.3 Å². The summed E-state index contributed by atoms with van der Waals surface area (Å²) in [4.78, 5) is 52.8. The van der Waals surface area contributed by atoms with Crippen LogP contribution in [0.2, 0.25) is 0 Å². The van der Waals surface area contributed by atoms with E-state index in [2.05, 4.69) is 10.2 Å². The van der Waals surface area contributed by atoms with E-state index in [0.717, 1.165) is 4.90 Å². The van der Waals surface area contributed by atoms with Crippen molar-refractivity contribution in [2.45, 2.75) is 0 Å². The normalized spacial score (nSPS) is 16.5. The van der Waals surface area contributed by atoms with Gasteiger partial charge in [-0.1, -0.05) is 12.1 Å². The number of piperazine rings is 1. The standard InChI is InChI=1S/C18H22N4O5.ClH/c1-27-18(26)21-10-8-20(9-11-21)7-6-19-15(23)12-22-16(24)13-4-2-3-5-14(13)17(22)25;/h2-5H,6-12H2,1H3,(H,19,23);1H. The topological polar surface area (TPSA) is 99.3 Å². The zero-order chi connectivity index (χ0) is 19.4. The predicted molar refractivity (Wildman–Crippen MR) is 102 cm³/mol. The maximum atomic E-state index is 12.2. The summed E-state index contributed by atoms with van der Waals surface area (Å²) in [5, 5.41) is 2.74. The molecule has 0 aromatic heterocycles. The van der Waals surface area contributed by atoms with Crippen molar-refractivity contribution in [1.82, 2.24) is 20.0 Å². The summed E-state index contributed by atoms with van der Waals surface area (Å²) >= 11 is 0. The summed E-state index contributed by atoms with van der Waals surface area (Å²) in [5.74, 6) is -1.26. The van der Waals surface area contributed by atoms with E-state index in [1.165, 1.54) is 7.11 Å². The lowest BCUT2D eigenvalue weighted by Gasteiger charge is -2.33. The molecule has 1 N–H and O–H groups in total. The van der Waals surface area contributed by atoms with E-state index in [9.17, 15) is 19.2 Å². The first-order chi connectivity index (χ1) is 13.0. The van der Waals surface area contributed by atoms with E-state index in [1.807, 2.05) is 0 Å². The van der Waals surface area contributed by atoms with E-state index in [-0.39, 0.29) is 31.0 Å². The number of halogens is 1. The van der Waals surface area contributed by atoms with Gasteiger partial charge in [-0.25, -0.2) is 4.79 Å². The number of amides is 4. The van der Waals surface area contributed by atoms with Crippen molar-refractivity contribution >= 4 is 36.2 Å². The van der Waals surface area contributed by atoms with Gasteiger partial charge < -0.3 is 15.0 Å². The Morgan fingerprint density at radius 1 is 1.04 bits per heavy atom. The molecule has 1 fully saturated rings. The smallest absolute Gasteiger partial charge is 0.409 e. The molecule has 2 aliphatic heterocycles. The molecular formula is C18H23ClN4O5. The lowest BCUT2D eigenvalue weighted by molar-refractivity contribution is -0.121. The first-order valence-corrected chi connectivity index (χ1v) is 8.78. The van der Waals surface area contributed by atoms with Crippen LogP contribution in [0, 0.1) is 0 Å². The lowest BCUT2D eigenvalue weighted by atomic mass is 10.1. The van der Waals surface area contributed by atoms with Crippen LogP contribution in [0.3, 0.4) is 0 Å². The summed E-state index contributed by atoms with van der Waals surface area (Å²) < 4.78 is 4.69. The molecule has 0 unspecified atom stereocenters. The first kappa shape index (κ1) is 21.6. The van der Waals surface area contributed by atoms with E-state index in [4.69, 9.17) is 4.74 Å². The number of hydrogen-bond donors (Lipinski definition) is 1. The van der Waals surface area contributed by atoms with Gasteiger partial charge in [-0.3, -0.25) is 24.2 Å². The summed E-state index contributed by atoms with van der Waals surface area (Å²) in [5.41, 5.74) is 0.664. The van der Waals surface area contributed by atoms with Crippen LogP contribution in [0.5, 0.6) is 0 Å². The Balaban J connectivity index is 0.00000280. The molecule has 0 spiro atoms. The summed E-state index contributed by atoms with van der Waals surface area (Å²) in [7, 11) is 1.36. The summed E-state index contributed by atoms with van der Waals surface area (Å²) in [6, 6.07) is 6.55. The quantitative estimate of drug-likeness (QED) is 0.696. The molecule has 1 saturated heterocycles. The van der Waals surface area contributed by atoms with Crippen molar-refractivity contribution in [3.05, 3.63) is 35.4 Å². The zero-order valence-electron chi connectivity index (χ0n) is 15.6. The fourth-order valence-corrected chi connectivity index (χ4v) is 3.22. The van der Waals surface area contributed by atoms with Gasteiger partial charge in [0.2, 0.25) is 5.91 Å². The Bertz CT molecular complexity index is 729. The van der Waals surface area contributed by atoms with Gasteiger partial charge >= 0.3 is 6.09 Å². The van der Waals surface area contributed by atoms with Gasteiger partial charge in [0.15, 0.2) is 0 Å². The van der Waals surface area contributed by atoms with E-state index < -0.39 is 11.8 Å². The zero-order valence-corrected chi connectivity index (χ0v) is 16.4. The number of ether oxygens (including phenoxy) is 1. The molecule has 0 bridgehead atoms. The van der Waals surface area contributed by atoms with Crippen LogP contribution in [0.1, 0.15) is 20.7 Å². The highest BCUT2D eigenvalue weighted by Crippen LogP contribution is 2.21. The molecular weight excluding hydrogens is 388 g/mol. The van der Waals surface area contributed by atoms with Crippen LogP contribution in [0.4, 0.5) is 4.79 Å². The fourth-order valence-electron chi connectivity index (χ4n) is 3.22. The number of carbonyl (C=O) groups is 4. The van der Waals surface area contributed by atoms with E-state index in [0.29, 0.717) is 50.4 Å². The number of nitrogens with one attached hydrogen (secondary N) is 1. The number of carbonyl (C=O) groups excluding carboxylic acids is 4. The number of nitrogens with zero attached hydrogens (tertiary/aromatic N) is 3. The van der Waals surface area contributed by atoms with Gasteiger partial charge in [0.25, 0.3) is 11.8 Å². The number of benzene rings is 1. The van der Waals surface area contributed by atoms with Crippen LogP contribution in [0.25, 0.3) is 0 Å². The molecule has 152 valence electrons. The van der Waals surface area contributed by atoms with Crippen LogP contribution in [-0.2, 0) is 9.53 Å². The first-order valence-electron chi connectivity index (χ1n) is 8.78. The molecule has 4 amide bonds. The third-order valence-electron chi connectivity index (χ3n) is 4.74. The number of hydrogen-bond acceptors (Lipinski definition) is 6. The lowest BCUT2D eigenvalue weighted by Crippen LogP contribution is -2.50. The van der Waals surface area contributed by atoms with E-state index >= 15 is 0 Å². The van der Waals surface area contributed by atoms with Gasteiger partial charge in [0.05, 0.1) is 18.2 Å². The second-order valence-corrected chi connectivity index (χ2v) is 6.39. The second-order valence-electron chi connectivity index (χ2n) is 6.39. The summed E-state index contributed by atoms with van der Waals surface area (Å²) in [6.45, 7) is 3.30. The molecule has 1 aromatic rings. The third kappa shape index (κ3) is 4.60. The molecule has 2 aliphatic rings. The predicted octanol–water partition coefficient (Wildman–Crippen LogP) is 0.205. The van der Waals surface area contributed by atoms with Gasteiger partial charge in [-0.05, 0) is 12.1 Å². The molecule has 9 nitrogen and oxygen atoms in total. The molecule has 0 radical (unpaired) electrons. The molecule has 10 heteroatoms. The van der Waals surface area contributed by atoms with Crippen molar-refractivity contribution < 1.29 is 23.9 Å². The Labute approximate surface area is 169 Å². The molecule has 1 aromatic carbocycles. The Morgan fingerprint density at radius 3 is 2.14 bits per heavy atom. The summed E-state index contributed by atoms with van der Waals surface area (Å²) in [6.07, 6.45) is -0.330. The van der Waals surface area contributed by atoms with Crippen LogP contribution < -0.4 is 5.32 Å². The molecule has 3 rings (SSSR count). The van der Waals surface area contributed by atoms with Crippen molar-refractivity contribution in [2.75, 3.05) is 52.9 Å². The third-order valence-corrected chi connectivity index (χ3v) is 4.74. The van der Waals surface area contributed by atoms with Crippen LogP contribution in [-0.4, -0.2) is 91.4 Å². The Kier molecular flexibility index (Phi) is 7.36. The van der Waals surface area contributed by atoms with Gasteiger partial charge in [0.1, 0.15) is 6.54 Å². The maximum Gasteiger partial charge on any atom is 0.409 e. The highest BCUT2D eigenvalue weighted by molar-refractivity contribution is 6.22. The monoisotopic (exact) mass is 410 g/mol. The van der Waals surface area contributed by atoms with Crippen LogP contribution >= 0.6 is 12.4 Å². The average molecular weight is 411 g/mol. The largest absolute Gasteiger partial charge is 0.453 e. The molecule has 0 atom stereocenters. The van der Waals surface area contributed by atoms with Gasteiger partial charge in [-0.2, -0.15) is 0 Å². The van der Waals surface area contributed by atoms with Gasteiger partial charge in [0, 0.05) is 39.3 Å². The van der Waals surface area contributed by atoms with Crippen molar-refractivity contribution in [1.29, 1.82) is 0 Å². The number of fused-ring (bicyclic) bond motifs is 1. The Hall–Kier alpha value is -2.65. The second kappa shape index (κ2) is 9.52. The number of imide groups is 1. The molecule has 0 saturated carbocycles. The minimum absolute atomic E-state index is 0.